The molecule has 0 aliphatic carbocycles. The van der Waals surface area contributed by atoms with Gasteiger partial charge in [-0.15, -0.1) is 0 Å². The van der Waals surface area contributed by atoms with E-state index < -0.39 is 0 Å². The molecule has 1 rings (SSSR count). The number of ether oxygens (including phenoxy) is 1. The normalized spacial score (nSPS) is 23.8. The molecule has 2 heteroatoms. The van der Waals surface area contributed by atoms with E-state index in [0.29, 0.717) is 0 Å². The van der Waals surface area contributed by atoms with Crippen LogP contribution in [0.25, 0.3) is 0 Å². The molecule has 68 valence electrons. The summed E-state index contributed by atoms with van der Waals surface area (Å²) < 4.78 is 5.34. The minimum absolute atomic E-state index is 0.153. The van der Waals surface area contributed by atoms with E-state index in [4.69, 9.17) is 9.84 Å². The molecule has 0 radical (unpaired) electrons. The lowest BCUT2D eigenvalue weighted by molar-refractivity contribution is 0.163. The number of aliphatic hydroxyl groups excluding tert-OH is 1. The van der Waals surface area contributed by atoms with E-state index in [1.165, 1.54) is 0 Å². The Bertz CT molecular complexity index is 176. The molecule has 0 amide bonds. The third kappa shape index (κ3) is 2.70. The summed E-state index contributed by atoms with van der Waals surface area (Å²) in [5, 5.41) is 8.91. The van der Waals surface area contributed by atoms with Crippen LogP contribution in [0.15, 0.2) is 24.0 Å². The average molecular weight is 168 g/mol. The van der Waals surface area contributed by atoms with Gasteiger partial charge >= 0.3 is 0 Å². The SMILES string of the molecule is CCC(=CC1CCC=CO1)CO. The largest absolute Gasteiger partial charge is 0.494 e. The minimum atomic E-state index is 0.153. The Balaban J connectivity index is 2.46. The van der Waals surface area contributed by atoms with Crippen molar-refractivity contribution < 1.29 is 9.84 Å². The van der Waals surface area contributed by atoms with Crippen LogP contribution in [0.2, 0.25) is 0 Å². The first-order valence-electron chi connectivity index (χ1n) is 4.47. The van der Waals surface area contributed by atoms with Crippen molar-refractivity contribution in [3.05, 3.63) is 24.0 Å². The molecule has 1 N–H and O–H groups in total. The molecule has 0 aromatic carbocycles. The van der Waals surface area contributed by atoms with Crippen LogP contribution in [0.3, 0.4) is 0 Å². The average Bonchev–Trinajstić information content (AvgIpc) is 2.16. The van der Waals surface area contributed by atoms with Crippen LogP contribution in [-0.4, -0.2) is 17.8 Å². The number of allylic oxidation sites excluding steroid dienone is 1. The maximum Gasteiger partial charge on any atom is 0.117 e. The summed E-state index contributed by atoms with van der Waals surface area (Å²) >= 11 is 0. The van der Waals surface area contributed by atoms with Crippen LogP contribution in [0.5, 0.6) is 0 Å². The monoisotopic (exact) mass is 168 g/mol. The molecule has 1 aliphatic heterocycles. The molecule has 0 spiro atoms. The second kappa shape index (κ2) is 4.99. The lowest BCUT2D eigenvalue weighted by atomic mass is 10.1. The lowest BCUT2D eigenvalue weighted by Gasteiger charge is -2.16. The third-order valence-electron chi connectivity index (χ3n) is 2.05. The van der Waals surface area contributed by atoms with Gasteiger partial charge in [0, 0.05) is 0 Å². The first kappa shape index (κ1) is 9.33. The fourth-order valence-corrected chi connectivity index (χ4v) is 1.22. The highest BCUT2D eigenvalue weighted by Gasteiger charge is 2.07. The molecule has 0 saturated carbocycles. The van der Waals surface area contributed by atoms with Crippen LogP contribution < -0.4 is 0 Å². The van der Waals surface area contributed by atoms with Crippen molar-refractivity contribution >= 4 is 0 Å². The van der Waals surface area contributed by atoms with Gasteiger partial charge in [-0.25, -0.2) is 0 Å². The molecule has 0 aromatic heterocycles. The van der Waals surface area contributed by atoms with Crippen LogP contribution in [0.1, 0.15) is 26.2 Å². The lowest BCUT2D eigenvalue weighted by Crippen LogP contribution is -2.10. The van der Waals surface area contributed by atoms with Gasteiger partial charge in [-0.2, -0.15) is 0 Å². The van der Waals surface area contributed by atoms with Gasteiger partial charge in [0.05, 0.1) is 12.9 Å². The van der Waals surface area contributed by atoms with Crippen LogP contribution in [0.4, 0.5) is 0 Å². The zero-order chi connectivity index (χ0) is 8.81. The third-order valence-corrected chi connectivity index (χ3v) is 2.05. The molecule has 1 atom stereocenters. The highest BCUT2D eigenvalue weighted by molar-refractivity contribution is 5.06. The Morgan fingerprint density at radius 3 is 3.08 bits per heavy atom. The predicted molar refractivity (Wildman–Crippen MR) is 48.7 cm³/mol. The fourth-order valence-electron chi connectivity index (χ4n) is 1.22. The minimum Gasteiger partial charge on any atom is -0.494 e. The van der Waals surface area contributed by atoms with Gasteiger partial charge in [0.25, 0.3) is 0 Å². The maximum absolute atomic E-state index is 8.91. The van der Waals surface area contributed by atoms with E-state index in [9.17, 15) is 0 Å². The van der Waals surface area contributed by atoms with E-state index in [0.717, 1.165) is 24.8 Å². The summed E-state index contributed by atoms with van der Waals surface area (Å²) in [5.41, 5.74) is 1.07. The van der Waals surface area contributed by atoms with E-state index >= 15 is 0 Å². The Kier molecular flexibility index (Phi) is 3.88. The number of aliphatic hydroxyl groups is 1. The van der Waals surface area contributed by atoms with Gasteiger partial charge in [-0.1, -0.05) is 6.92 Å². The van der Waals surface area contributed by atoms with Gasteiger partial charge < -0.3 is 9.84 Å². The van der Waals surface area contributed by atoms with Crippen molar-refractivity contribution in [2.45, 2.75) is 32.3 Å². The van der Waals surface area contributed by atoms with Gasteiger partial charge in [0.15, 0.2) is 0 Å². The Morgan fingerprint density at radius 2 is 2.58 bits per heavy atom. The van der Waals surface area contributed by atoms with Crippen LogP contribution in [0, 0.1) is 0 Å². The molecule has 1 unspecified atom stereocenters. The molecule has 1 aliphatic rings. The van der Waals surface area contributed by atoms with Crippen LogP contribution in [-0.2, 0) is 4.74 Å². The van der Waals surface area contributed by atoms with Crippen molar-refractivity contribution in [3.8, 4) is 0 Å². The van der Waals surface area contributed by atoms with E-state index in [1.54, 1.807) is 6.26 Å². The second-order valence-electron chi connectivity index (χ2n) is 2.96. The van der Waals surface area contributed by atoms with Crippen molar-refractivity contribution in [3.63, 3.8) is 0 Å². The molecule has 12 heavy (non-hydrogen) atoms. The van der Waals surface area contributed by atoms with E-state index in [2.05, 4.69) is 0 Å². The Hall–Kier alpha value is -0.760. The first-order chi connectivity index (χ1) is 5.86. The quantitative estimate of drug-likeness (QED) is 0.653. The van der Waals surface area contributed by atoms with Crippen molar-refractivity contribution in [1.82, 2.24) is 0 Å². The van der Waals surface area contributed by atoms with Gasteiger partial charge in [-0.05, 0) is 37.0 Å². The molecule has 0 aromatic rings. The highest BCUT2D eigenvalue weighted by Crippen LogP contribution is 2.14. The van der Waals surface area contributed by atoms with E-state index in [1.807, 2.05) is 19.1 Å². The Morgan fingerprint density at radius 1 is 1.75 bits per heavy atom. The summed E-state index contributed by atoms with van der Waals surface area (Å²) in [4.78, 5) is 0. The van der Waals surface area contributed by atoms with E-state index in [-0.39, 0.29) is 12.7 Å². The van der Waals surface area contributed by atoms with Gasteiger partial charge in [0.2, 0.25) is 0 Å². The topological polar surface area (TPSA) is 29.5 Å². The molecular formula is C10H16O2. The summed E-state index contributed by atoms with van der Waals surface area (Å²) in [6, 6.07) is 0. The maximum atomic E-state index is 8.91. The smallest absolute Gasteiger partial charge is 0.117 e. The molecular weight excluding hydrogens is 152 g/mol. The molecule has 0 fully saturated rings. The van der Waals surface area contributed by atoms with Crippen LogP contribution >= 0.6 is 0 Å². The van der Waals surface area contributed by atoms with Crippen molar-refractivity contribution in [1.29, 1.82) is 0 Å². The summed E-state index contributed by atoms with van der Waals surface area (Å²) in [6.45, 7) is 2.20. The highest BCUT2D eigenvalue weighted by atomic mass is 16.5. The number of hydrogen-bond donors (Lipinski definition) is 1. The Labute approximate surface area is 73.5 Å². The predicted octanol–water partition coefficient (Wildman–Crippen LogP) is 2.01. The molecule has 0 bridgehead atoms. The zero-order valence-electron chi connectivity index (χ0n) is 7.49. The number of hydrogen-bond acceptors (Lipinski definition) is 2. The molecule has 0 saturated heterocycles. The van der Waals surface area contributed by atoms with Gasteiger partial charge in [-0.3, -0.25) is 0 Å². The molecule has 2 nitrogen and oxygen atoms in total. The summed E-state index contributed by atoms with van der Waals surface area (Å²) in [7, 11) is 0. The van der Waals surface area contributed by atoms with Gasteiger partial charge in [0.1, 0.15) is 6.10 Å². The number of rotatable bonds is 3. The summed E-state index contributed by atoms with van der Waals surface area (Å²) in [6.07, 6.45) is 8.98. The fraction of sp³-hybridized carbons (Fsp3) is 0.600. The second-order valence-corrected chi connectivity index (χ2v) is 2.96. The zero-order valence-corrected chi connectivity index (χ0v) is 7.49. The van der Waals surface area contributed by atoms with Crippen molar-refractivity contribution in [2.24, 2.45) is 0 Å². The standard InChI is InChI=1S/C10H16O2/c1-2-9(8-11)7-10-5-3-4-6-12-10/h4,6-7,10-11H,2-3,5,8H2,1H3. The van der Waals surface area contributed by atoms with Crippen molar-refractivity contribution in [2.75, 3.05) is 6.61 Å². The first-order valence-corrected chi connectivity index (χ1v) is 4.47. The molecule has 1 heterocycles. The summed E-state index contributed by atoms with van der Waals surface area (Å²) in [5.74, 6) is 0.